The molecule has 0 fully saturated rings. The second-order valence-corrected chi connectivity index (χ2v) is 2.97. The van der Waals surface area contributed by atoms with Crippen LogP contribution < -0.4 is 0 Å². The van der Waals surface area contributed by atoms with Crippen molar-refractivity contribution in [2.45, 2.75) is 0 Å². The minimum atomic E-state index is -1.49. The molecular weight excluding hydrogens is 118 g/mol. The topological polar surface area (TPSA) is 20.2 Å². The van der Waals surface area contributed by atoms with E-state index in [-0.39, 0.29) is 0 Å². The van der Waals surface area contributed by atoms with Gasteiger partial charge in [-0.05, 0) is 22.5 Å². The van der Waals surface area contributed by atoms with E-state index in [2.05, 4.69) is 4.90 Å². The molecule has 26 valence electrons. The lowest BCUT2D eigenvalue weighted by Gasteiger charge is -1.71. The largest absolute Gasteiger partial charge is 0.347 e. The van der Waals surface area contributed by atoms with Crippen LogP contribution in [0, 0.1) is 0 Å². The number of rotatable bonds is 1. The molecule has 0 aromatic rings. The van der Waals surface area contributed by atoms with E-state index in [4.69, 9.17) is 23.9 Å². The maximum absolute atomic E-state index is 5.92. The molecule has 0 spiro atoms. The molecule has 0 saturated carbocycles. The molecule has 0 aliphatic carbocycles. The van der Waals surface area contributed by atoms with Crippen molar-refractivity contribution in [1.29, 1.82) is 1.43 Å². The van der Waals surface area contributed by atoms with E-state index in [1.54, 1.807) is 0 Å². The predicted molar refractivity (Wildman–Crippen MR) is 20.8 cm³/mol. The highest BCUT2D eigenvalue weighted by molar-refractivity contribution is 7.99. The first-order valence-corrected chi connectivity index (χ1v) is 3.59. The van der Waals surface area contributed by atoms with Gasteiger partial charge >= 0.3 is 0 Å². The molecular formula is HCl2OP. The average molecular weight is 120 g/mol. The molecule has 0 saturated heterocycles. The van der Waals surface area contributed by atoms with Crippen molar-refractivity contribution in [2.24, 2.45) is 0 Å². The van der Waals surface area contributed by atoms with Gasteiger partial charge in [-0.1, -0.05) is 0 Å². The van der Waals surface area contributed by atoms with Crippen molar-refractivity contribution in [2.75, 3.05) is 0 Å². The van der Waals surface area contributed by atoms with Gasteiger partial charge in [-0.3, -0.25) is 0 Å². The predicted octanol–water partition coefficient (Wildman–Crippen LogP) is 1.68. The van der Waals surface area contributed by atoms with E-state index in [1.807, 2.05) is 0 Å². The number of halogens is 2. The Morgan fingerprint density at radius 1 is 2.00 bits per heavy atom. The minimum Gasteiger partial charge on any atom is -0.347 e. The Morgan fingerprint density at radius 3 is 2.25 bits per heavy atom. The maximum atomic E-state index is 5.92. The first-order chi connectivity index (χ1) is 2.27. The summed E-state index contributed by atoms with van der Waals surface area (Å²) in [6.07, 6.45) is 0. The summed E-state index contributed by atoms with van der Waals surface area (Å²) in [4.78, 5) is 3.60. The third-order valence-electron chi connectivity index (χ3n) is 0. The van der Waals surface area contributed by atoms with Crippen LogP contribution in [-0.2, 0) is 0 Å². The van der Waals surface area contributed by atoms with Gasteiger partial charge in [0.2, 0.25) is 8.29 Å². The van der Waals surface area contributed by atoms with Gasteiger partial charge < -0.3 is 4.90 Å². The van der Waals surface area contributed by atoms with Crippen LogP contribution >= 0.6 is 29.3 Å². The van der Waals surface area contributed by atoms with Gasteiger partial charge in [0.15, 0.2) is 0 Å². The molecule has 0 radical (unpaired) electrons. The molecule has 4 heteroatoms. The van der Waals surface area contributed by atoms with E-state index < -0.39 is 6.85 Å². The Hall–Kier alpha value is 0.970. The SMILES string of the molecule is [2H]OP(Cl)Cl. The molecule has 0 atom stereocenters. The molecule has 0 aromatic carbocycles. The van der Waals surface area contributed by atoms with E-state index in [1.165, 1.54) is 0 Å². The van der Waals surface area contributed by atoms with Crippen molar-refractivity contribution in [3.63, 3.8) is 0 Å². The zero-order valence-corrected chi connectivity index (χ0v) is 4.02. The van der Waals surface area contributed by atoms with Crippen molar-refractivity contribution in [3.05, 3.63) is 0 Å². The summed E-state index contributed by atoms with van der Waals surface area (Å²) in [7, 11) is 0. The third-order valence-corrected chi connectivity index (χ3v) is 0. The Morgan fingerprint density at radius 2 is 2.25 bits per heavy atom. The number of hydrogen-bond acceptors (Lipinski definition) is 1. The molecule has 1 N–H and O–H groups in total. The molecule has 0 unspecified atom stereocenters. The van der Waals surface area contributed by atoms with Crippen LogP contribution in [0.5, 0.6) is 0 Å². The Kier molecular flexibility index (Phi) is 1.76. The number of hydrogen-bond donors (Lipinski definition) is 1. The normalized spacial score (nSPS) is 12.2. The van der Waals surface area contributed by atoms with Crippen LogP contribution in [0.15, 0.2) is 0 Å². The summed E-state index contributed by atoms with van der Waals surface area (Å²) in [5.41, 5.74) is 0. The summed E-state index contributed by atoms with van der Waals surface area (Å²) < 4.78 is 5.92. The summed E-state index contributed by atoms with van der Waals surface area (Å²) in [6, 6.07) is 0. The lowest BCUT2D eigenvalue weighted by Crippen LogP contribution is -1.23. The third kappa shape index (κ3) is 12.3. The highest BCUT2D eigenvalue weighted by atomic mass is 35.9. The molecule has 0 rings (SSSR count). The molecule has 4 heavy (non-hydrogen) atoms. The van der Waals surface area contributed by atoms with Crippen LogP contribution in [0.1, 0.15) is 0 Å². The van der Waals surface area contributed by atoms with E-state index in [0.29, 0.717) is 0 Å². The van der Waals surface area contributed by atoms with Gasteiger partial charge in [-0.25, -0.2) is 0 Å². The van der Waals surface area contributed by atoms with Crippen molar-refractivity contribution < 1.29 is 4.90 Å². The van der Waals surface area contributed by atoms with Crippen LogP contribution in [0.2, 0.25) is 0 Å². The van der Waals surface area contributed by atoms with Gasteiger partial charge in [0.05, 0.1) is 0 Å². The van der Waals surface area contributed by atoms with Crippen LogP contribution in [0.25, 0.3) is 0 Å². The Bertz CT molecular complexity index is 23.6. The fraction of sp³-hybridized carbons (Fsp3) is 0. The van der Waals surface area contributed by atoms with E-state index in [0.717, 1.165) is 0 Å². The first-order valence-electron chi connectivity index (χ1n) is 0.929. The van der Waals surface area contributed by atoms with Gasteiger partial charge in [-0.2, -0.15) is 0 Å². The van der Waals surface area contributed by atoms with Crippen LogP contribution in [0.4, 0.5) is 0 Å². The molecule has 0 heterocycles. The first kappa shape index (κ1) is 3.17. The molecule has 1 nitrogen and oxygen atoms in total. The van der Waals surface area contributed by atoms with Gasteiger partial charge in [0, 0.05) is 0 Å². The highest BCUT2D eigenvalue weighted by Gasteiger charge is 1.78. The fourth-order valence-corrected chi connectivity index (χ4v) is 0. The highest BCUT2D eigenvalue weighted by Crippen LogP contribution is 2.40. The van der Waals surface area contributed by atoms with E-state index in [9.17, 15) is 0 Å². The molecule has 0 bridgehead atoms. The zero-order chi connectivity index (χ0) is 4.28. The monoisotopic (exact) mass is 119 g/mol. The standard InChI is InChI=1S/Cl2HOP/c1-4(2)3/h3H/i3D. The summed E-state index contributed by atoms with van der Waals surface area (Å²) in [6.45, 7) is -1.49. The molecule has 0 amide bonds. The second kappa shape index (κ2) is 2.22. The summed E-state index contributed by atoms with van der Waals surface area (Å²) >= 11 is 9.77. The Balaban J connectivity index is 2.54. The van der Waals surface area contributed by atoms with Gasteiger partial charge in [0.1, 0.15) is 0 Å². The quantitative estimate of drug-likeness (QED) is 0.522. The maximum Gasteiger partial charge on any atom is 0.222 e. The van der Waals surface area contributed by atoms with Crippen molar-refractivity contribution in [3.8, 4) is 0 Å². The van der Waals surface area contributed by atoms with Crippen molar-refractivity contribution in [1.82, 2.24) is 0 Å². The average Bonchev–Trinajstić information content (AvgIpc) is 1.38. The second-order valence-electron chi connectivity index (χ2n) is 0.202. The van der Waals surface area contributed by atoms with Gasteiger partial charge in [-0.15, -0.1) is 0 Å². The summed E-state index contributed by atoms with van der Waals surface area (Å²) in [5, 5.41) is 0. The van der Waals surface area contributed by atoms with Crippen LogP contribution in [-0.4, -0.2) is 6.33 Å². The van der Waals surface area contributed by atoms with Crippen molar-refractivity contribution >= 4 is 29.3 Å². The smallest absolute Gasteiger partial charge is 0.222 e. The van der Waals surface area contributed by atoms with Crippen LogP contribution in [0.3, 0.4) is 0 Å². The lowest BCUT2D eigenvalue weighted by molar-refractivity contribution is 0.654. The zero-order valence-electron chi connectivity index (χ0n) is 2.61. The van der Waals surface area contributed by atoms with Gasteiger partial charge in [0.25, 0.3) is 0 Å². The fourth-order valence-electron chi connectivity index (χ4n) is 0. The molecule has 0 aliphatic heterocycles. The summed E-state index contributed by atoms with van der Waals surface area (Å²) in [5.74, 6) is 0. The minimum absolute atomic E-state index is 1.49. The molecule has 0 aromatic heterocycles. The molecule has 0 aliphatic rings. The Labute approximate surface area is 36.4 Å². The lowest BCUT2D eigenvalue weighted by atomic mass is 15.9. The van der Waals surface area contributed by atoms with E-state index >= 15 is 0 Å².